The Kier molecular flexibility index (Phi) is 5.76. The molecule has 0 N–H and O–H groups in total. The van der Waals surface area contributed by atoms with Crippen molar-refractivity contribution in [3.05, 3.63) is 63.3 Å². The van der Waals surface area contributed by atoms with E-state index in [-0.39, 0.29) is 40.9 Å². The maximum Gasteiger partial charge on any atom is 0.252 e. The Balaban J connectivity index is 1.66. The Morgan fingerprint density at radius 1 is 1.24 bits per heavy atom. The lowest BCUT2D eigenvalue weighted by atomic mass is 10.1. The van der Waals surface area contributed by atoms with Crippen LogP contribution in [0.5, 0.6) is 0 Å². The van der Waals surface area contributed by atoms with Crippen LogP contribution >= 0.6 is 39.3 Å². The van der Waals surface area contributed by atoms with Gasteiger partial charge in [-0.1, -0.05) is 51.4 Å². The predicted octanol–water partition coefficient (Wildman–Crippen LogP) is 4.09. The molecule has 2 fully saturated rings. The van der Waals surface area contributed by atoms with Crippen LogP contribution in [0.3, 0.4) is 0 Å². The number of rotatable bonds is 3. The molecule has 2 aromatic rings. The van der Waals surface area contributed by atoms with Gasteiger partial charge in [-0.2, -0.15) is 4.99 Å². The third kappa shape index (κ3) is 4.52. The Labute approximate surface area is 185 Å². The zero-order valence-electron chi connectivity index (χ0n) is 14.9. The van der Waals surface area contributed by atoms with Gasteiger partial charge in [-0.15, -0.1) is 0 Å². The number of fused-ring (bicyclic) bond motifs is 1. The number of sulfone groups is 1. The summed E-state index contributed by atoms with van der Waals surface area (Å²) < 4.78 is 38.1. The van der Waals surface area contributed by atoms with Crippen molar-refractivity contribution in [3.63, 3.8) is 0 Å². The highest BCUT2D eigenvalue weighted by molar-refractivity contribution is 9.10. The van der Waals surface area contributed by atoms with E-state index >= 15 is 0 Å². The molecule has 5 nitrogen and oxygen atoms in total. The van der Waals surface area contributed by atoms with E-state index in [0.717, 1.165) is 4.47 Å². The minimum atomic E-state index is -3.16. The average molecular weight is 518 g/mol. The van der Waals surface area contributed by atoms with Crippen LogP contribution in [-0.4, -0.2) is 42.3 Å². The standard InChI is InChI=1S/C19H15BrClFN2O3S2/c20-12-3-6-15(14(21)8-12)24-16-9-29(26,27)10-17(16)28-19(24)23-18(25)7-11-1-4-13(22)5-2-11/h1-6,8,16-17H,7,9-10H2/t16-,17-/m0/s1. The molecule has 4 rings (SSSR count). The van der Waals surface area contributed by atoms with E-state index in [9.17, 15) is 17.6 Å². The van der Waals surface area contributed by atoms with Gasteiger partial charge in [0.15, 0.2) is 15.0 Å². The number of carbonyl (C=O) groups excluding carboxylic acids is 1. The monoisotopic (exact) mass is 516 g/mol. The maximum atomic E-state index is 13.1. The van der Waals surface area contributed by atoms with Gasteiger partial charge in [-0.3, -0.25) is 4.79 Å². The van der Waals surface area contributed by atoms with Gasteiger partial charge in [0.1, 0.15) is 5.82 Å². The Bertz CT molecular complexity index is 1110. The van der Waals surface area contributed by atoms with E-state index in [1.54, 1.807) is 35.2 Å². The first-order valence-corrected chi connectivity index (χ1v) is 12.6. The zero-order valence-corrected chi connectivity index (χ0v) is 18.9. The van der Waals surface area contributed by atoms with Gasteiger partial charge in [0.25, 0.3) is 5.91 Å². The van der Waals surface area contributed by atoms with Gasteiger partial charge >= 0.3 is 0 Å². The predicted molar refractivity (Wildman–Crippen MR) is 118 cm³/mol. The number of benzene rings is 2. The van der Waals surface area contributed by atoms with Crippen LogP contribution in [0.4, 0.5) is 10.1 Å². The van der Waals surface area contributed by atoms with Gasteiger partial charge < -0.3 is 4.90 Å². The van der Waals surface area contributed by atoms with Crippen LogP contribution in [0.1, 0.15) is 5.56 Å². The summed E-state index contributed by atoms with van der Waals surface area (Å²) in [5, 5.41) is 0.659. The second-order valence-corrected chi connectivity index (χ2v) is 11.5. The summed E-state index contributed by atoms with van der Waals surface area (Å²) in [7, 11) is -3.16. The van der Waals surface area contributed by atoms with Crippen molar-refractivity contribution in [2.75, 3.05) is 16.4 Å². The van der Waals surface area contributed by atoms with Crippen molar-refractivity contribution in [2.45, 2.75) is 17.7 Å². The third-order valence-corrected chi connectivity index (χ3v) is 8.73. The summed E-state index contributed by atoms with van der Waals surface area (Å²) in [6, 6.07) is 10.6. The van der Waals surface area contributed by atoms with E-state index in [0.29, 0.717) is 21.4 Å². The van der Waals surface area contributed by atoms with E-state index in [1.165, 1.54) is 23.9 Å². The van der Waals surface area contributed by atoms with Crippen molar-refractivity contribution in [1.29, 1.82) is 0 Å². The smallest absolute Gasteiger partial charge is 0.252 e. The summed E-state index contributed by atoms with van der Waals surface area (Å²) in [4.78, 5) is 18.6. The van der Waals surface area contributed by atoms with Crippen LogP contribution in [0.25, 0.3) is 0 Å². The number of hydrogen-bond donors (Lipinski definition) is 0. The molecular formula is C19H15BrClFN2O3S2. The Hall–Kier alpha value is -1.42. The molecule has 0 bridgehead atoms. The minimum Gasteiger partial charge on any atom is -0.314 e. The fourth-order valence-corrected chi connectivity index (χ4v) is 8.13. The summed E-state index contributed by atoms with van der Waals surface area (Å²) in [5.74, 6) is -0.732. The maximum absolute atomic E-state index is 13.1. The first-order chi connectivity index (χ1) is 13.7. The lowest BCUT2D eigenvalue weighted by Gasteiger charge is -2.25. The molecule has 2 atom stereocenters. The molecule has 0 spiro atoms. The van der Waals surface area contributed by atoms with Gasteiger partial charge in [0.05, 0.1) is 34.7 Å². The molecule has 152 valence electrons. The van der Waals surface area contributed by atoms with Crippen LogP contribution in [0.2, 0.25) is 5.02 Å². The Morgan fingerprint density at radius 2 is 1.97 bits per heavy atom. The molecule has 2 saturated heterocycles. The number of thioether (sulfide) groups is 1. The number of aliphatic imine (C=N–C) groups is 1. The molecule has 2 heterocycles. The summed E-state index contributed by atoms with van der Waals surface area (Å²) in [6.45, 7) is 0. The number of nitrogens with zero attached hydrogens (tertiary/aromatic N) is 2. The van der Waals surface area contributed by atoms with E-state index < -0.39 is 9.84 Å². The molecule has 0 aliphatic carbocycles. The molecule has 2 aromatic carbocycles. The van der Waals surface area contributed by atoms with Crippen LogP contribution in [0.15, 0.2) is 51.9 Å². The van der Waals surface area contributed by atoms with Crippen LogP contribution in [-0.2, 0) is 21.1 Å². The molecular weight excluding hydrogens is 503 g/mol. The molecule has 0 unspecified atom stereocenters. The lowest BCUT2D eigenvalue weighted by molar-refractivity contribution is -0.117. The SMILES string of the molecule is O=C(Cc1ccc(F)cc1)N=C1S[C@H]2CS(=O)(=O)C[C@@H]2N1c1ccc(Br)cc1Cl. The van der Waals surface area contributed by atoms with Gasteiger partial charge in [-0.05, 0) is 35.9 Å². The number of amides is 1. The largest absolute Gasteiger partial charge is 0.314 e. The van der Waals surface area contributed by atoms with E-state index in [4.69, 9.17) is 11.6 Å². The molecule has 2 aliphatic heterocycles. The van der Waals surface area contributed by atoms with Gasteiger partial charge in [0, 0.05) is 9.72 Å². The highest BCUT2D eigenvalue weighted by Crippen LogP contribution is 2.43. The second-order valence-electron chi connectivity index (χ2n) is 6.86. The average Bonchev–Trinajstić information content (AvgIpc) is 3.08. The molecule has 1 amide bonds. The van der Waals surface area contributed by atoms with E-state index in [2.05, 4.69) is 20.9 Å². The normalized spacial score (nSPS) is 24.1. The van der Waals surface area contributed by atoms with Gasteiger partial charge in [-0.25, -0.2) is 12.8 Å². The molecule has 29 heavy (non-hydrogen) atoms. The number of amidine groups is 1. The third-order valence-electron chi connectivity index (χ3n) is 4.72. The molecule has 2 aliphatic rings. The fourth-order valence-electron chi connectivity index (χ4n) is 3.45. The summed E-state index contributed by atoms with van der Waals surface area (Å²) in [6.07, 6.45) is 0.0277. The highest BCUT2D eigenvalue weighted by Gasteiger charge is 2.49. The lowest BCUT2D eigenvalue weighted by Crippen LogP contribution is -2.38. The second kappa shape index (κ2) is 8.02. The first kappa shape index (κ1) is 20.8. The van der Waals surface area contributed by atoms with Crippen LogP contribution in [0, 0.1) is 5.82 Å². The van der Waals surface area contributed by atoms with Crippen molar-refractivity contribution >= 4 is 65.9 Å². The molecule has 10 heteroatoms. The Morgan fingerprint density at radius 3 is 2.66 bits per heavy atom. The quantitative estimate of drug-likeness (QED) is 0.614. The van der Waals surface area contributed by atoms with Crippen molar-refractivity contribution in [2.24, 2.45) is 4.99 Å². The van der Waals surface area contributed by atoms with E-state index in [1.807, 2.05) is 0 Å². The topological polar surface area (TPSA) is 66.8 Å². The zero-order chi connectivity index (χ0) is 20.8. The minimum absolute atomic E-state index is 0.0117. The van der Waals surface area contributed by atoms with Gasteiger partial charge in [0.2, 0.25) is 0 Å². The molecule has 0 radical (unpaired) electrons. The fraction of sp³-hybridized carbons (Fsp3) is 0.263. The van der Waals surface area contributed by atoms with Crippen molar-refractivity contribution in [1.82, 2.24) is 0 Å². The molecule has 0 aromatic heterocycles. The number of halogens is 3. The summed E-state index contributed by atoms with van der Waals surface area (Å²) in [5.41, 5.74) is 1.26. The number of anilines is 1. The van der Waals surface area contributed by atoms with Crippen LogP contribution < -0.4 is 4.90 Å². The number of hydrogen-bond acceptors (Lipinski definition) is 4. The molecule has 0 saturated carbocycles. The van der Waals surface area contributed by atoms with Crippen molar-refractivity contribution < 1.29 is 17.6 Å². The number of carbonyl (C=O) groups is 1. The van der Waals surface area contributed by atoms with Crippen molar-refractivity contribution in [3.8, 4) is 0 Å². The highest BCUT2D eigenvalue weighted by atomic mass is 79.9. The first-order valence-electron chi connectivity index (χ1n) is 8.69. The summed E-state index contributed by atoms with van der Waals surface area (Å²) >= 11 is 11.1.